The largest absolute Gasteiger partial charge is 0.457 e. The normalized spacial score (nSPS) is 10.5. The van der Waals surface area contributed by atoms with Crippen LogP contribution in [-0.4, -0.2) is 15.9 Å². The number of nitro groups is 1. The Hall–Kier alpha value is -3.15. The number of carbonyl (C=O) groups excluding carboxylic acids is 1. The second-order valence-electron chi connectivity index (χ2n) is 4.75. The number of aromatic amines is 1. The first-order chi connectivity index (χ1) is 10.6. The summed E-state index contributed by atoms with van der Waals surface area (Å²) in [6.07, 6.45) is 1.61. The number of carbonyl (C=O) groups is 1. The van der Waals surface area contributed by atoms with Gasteiger partial charge >= 0.3 is 5.97 Å². The van der Waals surface area contributed by atoms with Crippen molar-refractivity contribution in [2.45, 2.75) is 6.61 Å². The van der Waals surface area contributed by atoms with Crippen LogP contribution in [0.1, 0.15) is 15.9 Å². The highest BCUT2D eigenvalue weighted by molar-refractivity contribution is 6.03. The van der Waals surface area contributed by atoms with Crippen molar-refractivity contribution >= 4 is 22.6 Å². The van der Waals surface area contributed by atoms with Gasteiger partial charge in [-0.05, 0) is 23.8 Å². The van der Waals surface area contributed by atoms with Crippen LogP contribution in [-0.2, 0) is 11.3 Å². The number of H-pyrrole nitrogens is 1. The van der Waals surface area contributed by atoms with Gasteiger partial charge in [0, 0.05) is 29.2 Å². The van der Waals surface area contributed by atoms with Crippen molar-refractivity contribution in [2.24, 2.45) is 0 Å². The van der Waals surface area contributed by atoms with Crippen LogP contribution in [0.15, 0.2) is 54.7 Å². The fourth-order valence-corrected chi connectivity index (χ4v) is 2.18. The quantitative estimate of drug-likeness (QED) is 0.454. The second-order valence-corrected chi connectivity index (χ2v) is 4.75. The van der Waals surface area contributed by atoms with E-state index in [-0.39, 0.29) is 12.3 Å². The first kappa shape index (κ1) is 13.8. The molecule has 0 saturated carbocycles. The third kappa shape index (κ3) is 2.67. The van der Waals surface area contributed by atoms with Crippen molar-refractivity contribution in [3.63, 3.8) is 0 Å². The lowest BCUT2D eigenvalue weighted by atomic mass is 10.2. The number of benzene rings is 2. The van der Waals surface area contributed by atoms with Gasteiger partial charge in [0.2, 0.25) is 0 Å². The average molecular weight is 296 g/mol. The SMILES string of the molecule is O=C(OCc1ccc([N+](=O)[O-])cc1)c1c[nH]c2ccccc12. The first-order valence-electron chi connectivity index (χ1n) is 6.62. The maximum atomic E-state index is 12.1. The van der Waals surface area contributed by atoms with E-state index in [2.05, 4.69) is 4.98 Å². The van der Waals surface area contributed by atoms with Crippen molar-refractivity contribution in [3.8, 4) is 0 Å². The summed E-state index contributed by atoms with van der Waals surface area (Å²) in [6, 6.07) is 13.4. The maximum absolute atomic E-state index is 12.1. The van der Waals surface area contributed by atoms with Crippen LogP contribution in [0, 0.1) is 10.1 Å². The highest BCUT2D eigenvalue weighted by atomic mass is 16.6. The zero-order valence-electron chi connectivity index (χ0n) is 11.5. The molecule has 0 unspecified atom stereocenters. The minimum atomic E-state index is -0.471. The third-order valence-corrected chi connectivity index (χ3v) is 3.33. The van der Waals surface area contributed by atoms with Gasteiger partial charge in [0.15, 0.2) is 0 Å². The summed E-state index contributed by atoms with van der Waals surface area (Å²) in [5, 5.41) is 11.4. The van der Waals surface area contributed by atoms with Gasteiger partial charge in [-0.15, -0.1) is 0 Å². The lowest BCUT2D eigenvalue weighted by Crippen LogP contribution is -2.04. The van der Waals surface area contributed by atoms with Gasteiger partial charge < -0.3 is 9.72 Å². The molecule has 110 valence electrons. The van der Waals surface area contributed by atoms with Crippen molar-refractivity contribution in [1.29, 1.82) is 0 Å². The smallest absolute Gasteiger partial charge is 0.340 e. The summed E-state index contributed by atoms with van der Waals surface area (Å²) in [5.74, 6) is -0.434. The maximum Gasteiger partial charge on any atom is 0.340 e. The molecule has 0 atom stereocenters. The van der Waals surface area contributed by atoms with Crippen molar-refractivity contribution < 1.29 is 14.5 Å². The van der Waals surface area contributed by atoms with Crippen LogP contribution in [0.25, 0.3) is 10.9 Å². The van der Waals surface area contributed by atoms with Gasteiger partial charge in [-0.2, -0.15) is 0 Å². The Kier molecular flexibility index (Phi) is 3.57. The molecule has 0 fully saturated rings. The number of ether oxygens (including phenoxy) is 1. The van der Waals surface area contributed by atoms with Gasteiger partial charge in [0.1, 0.15) is 6.61 Å². The van der Waals surface area contributed by atoms with Gasteiger partial charge in [0.25, 0.3) is 5.69 Å². The molecule has 3 aromatic rings. The fraction of sp³-hybridized carbons (Fsp3) is 0.0625. The van der Waals surface area contributed by atoms with Gasteiger partial charge in [-0.25, -0.2) is 4.79 Å². The number of nitrogens with zero attached hydrogens (tertiary/aromatic N) is 1. The van der Waals surface area contributed by atoms with Crippen LogP contribution in [0.2, 0.25) is 0 Å². The van der Waals surface area contributed by atoms with Gasteiger partial charge in [-0.3, -0.25) is 10.1 Å². The summed E-state index contributed by atoms with van der Waals surface area (Å²) in [4.78, 5) is 25.2. The number of nitrogens with one attached hydrogen (secondary N) is 1. The van der Waals surface area contributed by atoms with Crippen LogP contribution < -0.4 is 0 Å². The number of non-ortho nitro benzene ring substituents is 1. The Morgan fingerprint density at radius 1 is 1.14 bits per heavy atom. The average Bonchev–Trinajstić information content (AvgIpc) is 2.97. The molecule has 0 aliphatic heterocycles. The van der Waals surface area contributed by atoms with E-state index in [1.165, 1.54) is 12.1 Å². The summed E-state index contributed by atoms with van der Waals surface area (Å²) in [5.41, 5.74) is 2.03. The zero-order valence-corrected chi connectivity index (χ0v) is 11.5. The molecule has 2 aromatic carbocycles. The number of hydrogen-bond donors (Lipinski definition) is 1. The van der Waals surface area contributed by atoms with E-state index in [1.807, 2.05) is 24.3 Å². The summed E-state index contributed by atoms with van der Waals surface area (Å²) in [6.45, 7) is 0.0658. The van der Waals surface area contributed by atoms with E-state index in [0.29, 0.717) is 11.1 Å². The molecule has 6 nitrogen and oxygen atoms in total. The van der Waals surface area contributed by atoms with E-state index in [4.69, 9.17) is 4.74 Å². The summed E-state index contributed by atoms with van der Waals surface area (Å²) >= 11 is 0. The Labute approximate surface area is 125 Å². The van der Waals surface area contributed by atoms with E-state index in [1.54, 1.807) is 18.3 Å². The molecule has 0 amide bonds. The number of fused-ring (bicyclic) bond motifs is 1. The number of esters is 1. The molecule has 0 spiro atoms. The second kappa shape index (κ2) is 5.69. The van der Waals surface area contributed by atoms with E-state index in [9.17, 15) is 14.9 Å². The minimum Gasteiger partial charge on any atom is -0.457 e. The van der Waals surface area contributed by atoms with Crippen LogP contribution in [0.5, 0.6) is 0 Å². The Balaban J connectivity index is 1.71. The van der Waals surface area contributed by atoms with Crippen LogP contribution in [0.4, 0.5) is 5.69 Å². The highest BCUT2D eigenvalue weighted by Crippen LogP contribution is 2.19. The summed E-state index contributed by atoms with van der Waals surface area (Å²) in [7, 11) is 0. The molecule has 3 rings (SSSR count). The topological polar surface area (TPSA) is 85.2 Å². The molecule has 1 N–H and O–H groups in total. The lowest BCUT2D eigenvalue weighted by molar-refractivity contribution is -0.384. The molecule has 0 saturated heterocycles. The molecule has 1 aromatic heterocycles. The number of rotatable bonds is 4. The number of nitro benzene ring substituents is 1. The summed E-state index contributed by atoms with van der Waals surface area (Å²) < 4.78 is 5.25. The zero-order chi connectivity index (χ0) is 15.5. The molecular weight excluding hydrogens is 284 g/mol. The highest BCUT2D eigenvalue weighted by Gasteiger charge is 2.13. The van der Waals surface area contributed by atoms with Crippen LogP contribution >= 0.6 is 0 Å². The van der Waals surface area contributed by atoms with Gasteiger partial charge in [-0.1, -0.05) is 18.2 Å². The molecule has 0 aliphatic carbocycles. The van der Waals surface area contributed by atoms with E-state index in [0.717, 1.165) is 10.9 Å². The molecule has 0 radical (unpaired) electrons. The molecular formula is C16H12N2O4. The fourth-order valence-electron chi connectivity index (χ4n) is 2.18. The Morgan fingerprint density at radius 3 is 2.59 bits per heavy atom. The van der Waals surface area contributed by atoms with Crippen molar-refractivity contribution in [3.05, 3.63) is 76.0 Å². The third-order valence-electron chi connectivity index (χ3n) is 3.33. The van der Waals surface area contributed by atoms with E-state index >= 15 is 0 Å². The molecule has 0 aliphatic rings. The Morgan fingerprint density at radius 2 is 1.86 bits per heavy atom. The van der Waals surface area contributed by atoms with Crippen LogP contribution in [0.3, 0.4) is 0 Å². The van der Waals surface area contributed by atoms with E-state index < -0.39 is 10.9 Å². The number of hydrogen-bond acceptors (Lipinski definition) is 4. The molecule has 22 heavy (non-hydrogen) atoms. The number of aromatic nitrogens is 1. The molecule has 0 bridgehead atoms. The minimum absolute atomic E-state index is 0.00621. The lowest BCUT2D eigenvalue weighted by Gasteiger charge is -2.04. The molecule has 6 heteroatoms. The molecule has 1 heterocycles. The first-order valence-corrected chi connectivity index (χ1v) is 6.62. The predicted octanol–water partition coefficient (Wildman–Crippen LogP) is 3.43. The monoisotopic (exact) mass is 296 g/mol. The predicted molar refractivity (Wildman–Crippen MR) is 80.5 cm³/mol. The van der Waals surface area contributed by atoms with Gasteiger partial charge in [0.05, 0.1) is 10.5 Å². The van der Waals surface area contributed by atoms with Crippen molar-refractivity contribution in [1.82, 2.24) is 4.98 Å². The Bertz CT molecular complexity index is 837. The number of para-hydroxylation sites is 1. The standard InChI is InChI=1S/C16H12N2O4/c19-16(14-9-17-15-4-2-1-3-13(14)15)22-10-11-5-7-12(8-6-11)18(20)21/h1-9,17H,10H2. The van der Waals surface area contributed by atoms with Crippen molar-refractivity contribution in [2.75, 3.05) is 0 Å².